The van der Waals surface area contributed by atoms with E-state index in [0.29, 0.717) is 11.6 Å². The van der Waals surface area contributed by atoms with Crippen molar-refractivity contribution in [2.45, 2.75) is 0 Å². The van der Waals surface area contributed by atoms with E-state index in [-0.39, 0.29) is 0 Å². The Morgan fingerprint density at radius 2 is 0.393 bits per heavy atom. The summed E-state index contributed by atoms with van der Waals surface area (Å²) in [5.41, 5.74) is 30.1. The molecule has 0 bridgehead atoms. The van der Waals surface area contributed by atoms with Gasteiger partial charge < -0.3 is 8.83 Å². The molecule has 0 saturated heterocycles. The van der Waals surface area contributed by atoms with Crippen molar-refractivity contribution in [3.05, 3.63) is 400 Å². The summed E-state index contributed by atoms with van der Waals surface area (Å²) < 4.78 is 13.2. The number of furan rings is 2. The second-order valence-electron chi connectivity index (χ2n) is 28.0. The topological polar surface area (TPSA) is 104 Å². The average molecular weight is 1430 g/mol. The molecule has 0 aliphatic carbocycles. The number of hydrogen-bond donors (Lipinski definition) is 0. The molecule has 0 N–H and O–H groups in total. The van der Waals surface area contributed by atoms with Crippen LogP contribution in [0.2, 0.25) is 0 Å². The van der Waals surface area contributed by atoms with Crippen LogP contribution in [0.15, 0.2) is 409 Å². The highest BCUT2D eigenvalue weighted by Crippen LogP contribution is 2.44. The van der Waals surface area contributed by atoms with Gasteiger partial charge in [0.1, 0.15) is 22.3 Å². The number of fused-ring (bicyclic) bond motifs is 10. The molecule has 0 radical (unpaired) electrons. The predicted molar refractivity (Wildman–Crippen MR) is 460 cm³/mol. The highest BCUT2D eigenvalue weighted by molar-refractivity contribution is 6.21. The van der Waals surface area contributed by atoms with Gasteiger partial charge in [0.25, 0.3) is 0 Å². The number of aromatic nitrogens is 6. The first-order chi connectivity index (χ1) is 55.5. The van der Waals surface area contributed by atoms with Crippen molar-refractivity contribution in [3.8, 4) is 146 Å². The van der Waals surface area contributed by atoms with Crippen LogP contribution in [0.4, 0.5) is 0 Å². The van der Waals surface area contributed by atoms with E-state index in [2.05, 4.69) is 328 Å². The number of rotatable bonds is 13. The van der Waals surface area contributed by atoms with Crippen molar-refractivity contribution in [1.82, 2.24) is 29.9 Å². The third-order valence-corrected chi connectivity index (χ3v) is 21.0. The van der Waals surface area contributed by atoms with Gasteiger partial charge in [-0.1, -0.05) is 352 Å². The molecule has 0 amide bonds. The van der Waals surface area contributed by atoms with E-state index in [1.807, 2.05) is 72.8 Å². The largest absolute Gasteiger partial charge is 0.455 e. The Hall–Kier alpha value is -15.1. The van der Waals surface area contributed by atoms with Crippen molar-refractivity contribution in [1.29, 1.82) is 0 Å². The molecular formula is C104H66N6O2. The molecule has 0 aliphatic rings. The summed E-state index contributed by atoms with van der Waals surface area (Å²) in [5.74, 6) is 1.35. The van der Waals surface area contributed by atoms with Crippen LogP contribution in [0, 0.1) is 0 Å². The van der Waals surface area contributed by atoms with Gasteiger partial charge in [-0.15, -0.1) is 0 Å². The normalized spacial score (nSPS) is 11.4. The Bertz CT molecular complexity index is 6920. The highest BCUT2D eigenvalue weighted by Gasteiger charge is 2.22. The molecule has 112 heavy (non-hydrogen) atoms. The first kappa shape index (κ1) is 66.3. The zero-order chi connectivity index (χ0) is 74.3. The fraction of sp³-hybridized carbons (Fsp3) is 0. The van der Waals surface area contributed by atoms with Crippen molar-refractivity contribution in [2.24, 2.45) is 0 Å². The lowest BCUT2D eigenvalue weighted by atomic mass is 9.98. The molecule has 0 spiro atoms. The smallest absolute Gasteiger partial charge is 0.160 e. The number of pyridine rings is 2. The van der Waals surface area contributed by atoms with Crippen LogP contribution in [0.5, 0.6) is 0 Å². The number of nitrogens with zero attached hydrogens (tertiary/aromatic N) is 6. The standard InChI is InChI=1S/C55H35N3O.C49H31N3O/c1-4-12-36(13-5-1)38-20-26-41(27-21-38)49-35-50(42-28-22-39(23-29-42)37-14-6-2-7-15-37)58-55(57-49)44-30-24-40(25-31-44)45-32-33-48-47(34-45)54-52(46-18-10-11-19-51(46)59-54)53(56-48)43-16-8-3-9-17-43;1-4-12-32(13-5-1)33-20-24-36(25-21-33)44-31-43(35-14-6-2-7-15-35)51-49(52-44)38-26-22-34(23-27-38)39-28-29-42-41(30-39)48-46(40-18-10-11-19-45(40)53-48)47(50-42)37-16-8-3-9-17-37/h1-35H;1-31H. The van der Waals surface area contributed by atoms with Gasteiger partial charge in [0.15, 0.2) is 11.6 Å². The molecule has 0 unspecified atom stereocenters. The summed E-state index contributed by atoms with van der Waals surface area (Å²) in [6.45, 7) is 0. The predicted octanol–water partition coefficient (Wildman–Crippen LogP) is 27.5. The molecule has 21 aromatic rings. The molecule has 0 fully saturated rings. The maximum absolute atomic E-state index is 6.59. The molecule has 0 saturated carbocycles. The second kappa shape index (κ2) is 28.9. The Morgan fingerprint density at radius 1 is 0.161 bits per heavy atom. The number of benzene rings is 15. The third-order valence-electron chi connectivity index (χ3n) is 21.0. The van der Waals surface area contributed by atoms with Gasteiger partial charge >= 0.3 is 0 Å². The first-order valence-electron chi connectivity index (χ1n) is 37.6. The van der Waals surface area contributed by atoms with Gasteiger partial charge in [-0.2, -0.15) is 0 Å². The summed E-state index contributed by atoms with van der Waals surface area (Å²) >= 11 is 0. The van der Waals surface area contributed by atoms with Crippen molar-refractivity contribution >= 4 is 65.7 Å². The summed E-state index contributed by atoms with van der Waals surface area (Å²) in [7, 11) is 0. The SMILES string of the molecule is c1ccc(-c2ccc(-c3cc(-c4ccc(-c5ccccc5)cc4)nc(-c4ccc(-c5ccc6nc(-c7ccccc7)c7c8ccccc8oc7c6c5)cc4)n3)cc2)cc1.c1ccc(-c2ccc(-c3cc(-c4ccccc4)nc(-c4ccc(-c5ccc6nc(-c7ccccc7)c7c8ccccc8oc7c6c5)cc4)n3)cc2)cc1. The minimum atomic E-state index is 0.670. The van der Waals surface area contributed by atoms with Crippen molar-refractivity contribution in [2.75, 3.05) is 0 Å². The second-order valence-corrected chi connectivity index (χ2v) is 28.0. The fourth-order valence-electron chi connectivity index (χ4n) is 15.3. The summed E-state index contributed by atoms with van der Waals surface area (Å²) in [6, 6.07) is 139. The van der Waals surface area contributed by atoms with Crippen LogP contribution in [0.3, 0.4) is 0 Å². The Balaban J connectivity index is 0.000000147. The lowest BCUT2D eigenvalue weighted by Gasteiger charge is -2.12. The molecule has 0 aliphatic heterocycles. The van der Waals surface area contributed by atoms with Crippen LogP contribution in [-0.4, -0.2) is 29.9 Å². The Morgan fingerprint density at radius 3 is 0.714 bits per heavy atom. The molecule has 15 aromatic carbocycles. The first-order valence-corrected chi connectivity index (χ1v) is 37.6. The van der Waals surface area contributed by atoms with E-state index >= 15 is 0 Å². The van der Waals surface area contributed by atoms with Gasteiger partial charge in [0.05, 0.1) is 56.0 Å². The molecule has 0 atom stereocenters. The Kier molecular flexibility index (Phi) is 17.1. The zero-order valence-corrected chi connectivity index (χ0v) is 60.6. The van der Waals surface area contributed by atoms with Crippen molar-refractivity contribution in [3.63, 3.8) is 0 Å². The fourth-order valence-corrected chi connectivity index (χ4v) is 15.3. The molecular weight excluding hydrogens is 1370 g/mol. The maximum atomic E-state index is 6.59. The quantitative estimate of drug-likeness (QED) is 0.112. The maximum Gasteiger partial charge on any atom is 0.160 e. The lowest BCUT2D eigenvalue weighted by Crippen LogP contribution is -1.96. The number of hydrogen-bond acceptors (Lipinski definition) is 8. The summed E-state index contributed by atoms with van der Waals surface area (Å²) in [6.07, 6.45) is 0. The van der Waals surface area contributed by atoms with E-state index < -0.39 is 0 Å². The van der Waals surface area contributed by atoms with Crippen LogP contribution >= 0.6 is 0 Å². The Labute approximate surface area is 646 Å². The number of para-hydroxylation sites is 2. The van der Waals surface area contributed by atoms with E-state index in [1.165, 1.54) is 22.3 Å². The summed E-state index contributed by atoms with van der Waals surface area (Å²) in [4.78, 5) is 30.9. The molecule has 21 rings (SSSR count). The van der Waals surface area contributed by atoms with Crippen LogP contribution in [0.1, 0.15) is 0 Å². The van der Waals surface area contributed by atoms with Crippen molar-refractivity contribution < 1.29 is 8.83 Å². The minimum absolute atomic E-state index is 0.670. The van der Waals surface area contributed by atoms with E-state index in [4.69, 9.17) is 38.7 Å². The van der Waals surface area contributed by atoms with E-state index in [0.717, 1.165) is 178 Å². The van der Waals surface area contributed by atoms with Gasteiger partial charge in [0.2, 0.25) is 0 Å². The summed E-state index contributed by atoms with van der Waals surface area (Å²) in [5, 5.41) is 6.16. The molecule has 524 valence electrons. The van der Waals surface area contributed by atoms with Gasteiger partial charge in [-0.3, -0.25) is 0 Å². The third kappa shape index (κ3) is 12.9. The van der Waals surface area contributed by atoms with Crippen LogP contribution in [0.25, 0.3) is 212 Å². The monoisotopic (exact) mass is 1430 g/mol. The lowest BCUT2D eigenvalue weighted by molar-refractivity contribution is 0.672. The average Bonchev–Trinajstić information content (AvgIpc) is 1.60. The molecule has 8 nitrogen and oxygen atoms in total. The van der Waals surface area contributed by atoms with E-state index in [9.17, 15) is 0 Å². The van der Waals surface area contributed by atoms with Gasteiger partial charge in [-0.25, -0.2) is 29.9 Å². The van der Waals surface area contributed by atoms with Gasteiger partial charge in [0, 0.05) is 66.1 Å². The highest BCUT2D eigenvalue weighted by atomic mass is 16.3. The van der Waals surface area contributed by atoms with Crippen LogP contribution < -0.4 is 0 Å². The van der Waals surface area contributed by atoms with E-state index in [1.54, 1.807) is 0 Å². The van der Waals surface area contributed by atoms with Crippen LogP contribution in [-0.2, 0) is 0 Å². The minimum Gasteiger partial charge on any atom is -0.455 e. The molecule has 6 aromatic heterocycles. The zero-order valence-electron chi connectivity index (χ0n) is 60.6. The molecule has 8 heteroatoms. The molecule has 6 heterocycles. The van der Waals surface area contributed by atoms with Gasteiger partial charge in [-0.05, 0) is 104 Å².